The van der Waals surface area contributed by atoms with E-state index >= 15 is 0 Å². The van der Waals surface area contributed by atoms with E-state index in [1.807, 2.05) is 30.5 Å². The molecule has 0 aliphatic rings. The van der Waals surface area contributed by atoms with Gasteiger partial charge in [0, 0.05) is 24.3 Å². The minimum atomic E-state index is -0.159. The molecule has 0 unspecified atom stereocenters. The topological polar surface area (TPSA) is 67.0 Å². The standard InChI is InChI=1S/C16H15N3O2/c1-21-14-5-3-2-4-13(14)16(20)19-10-11-6-8-17-15-12(11)7-9-18-15/h2-9H,10H2,1H3,(H,17,18)(H,19,20). The Balaban J connectivity index is 1.78. The molecule has 0 saturated heterocycles. The highest BCUT2D eigenvalue weighted by atomic mass is 16.5. The van der Waals surface area contributed by atoms with Crippen molar-refractivity contribution in [3.8, 4) is 5.75 Å². The van der Waals surface area contributed by atoms with Gasteiger partial charge < -0.3 is 15.0 Å². The zero-order valence-electron chi connectivity index (χ0n) is 11.6. The number of ether oxygens (including phenoxy) is 1. The Hall–Kier alpha value is -2.82. The van der Waals surface area contributed by atoms with Crippen molar-refractivity contribution >= 4 is 16.9 Å². The van der Waals surface area contributed by atoms with Crippen LogP contribution in [0.4, 0.5) is 0 Å². The van der Waals surface area contributed by atoms with Crippen LogP contribution in [0.15, 0.2) is 48.8 Å². The van der Waals surface area contributed by atoms with Gasteiger partial charge in [0.05, 0.1) is 12.7 Å². The summed E-state index contributed by atoms with van der Waals surface area (Å²) in [6, 6.07) is 11.0. The fraction of sp³-hybridized carbons (Fsp3) is 0.125. The van der Waals surface area contributed by atoms with Crippen molar-refractivity contribution in [2.24, 2.45) is 0 Å². The van der Waals surface area contributed by atoms with Crippen LogP contribution in [0, 0.1) is 0 Å². The van der Waals surface area contributed by atoms with Crippen molar-refractivity contribution < 1.29 is 9.53 Å². The van der Waals surface area contributed by atoms with E-state index in [4.69, 9.17) is 4.74 Å². The minimum Gasteiger partial charge on any atom is -0.496 e. The first-order valence-corrected chi connectivity index (χ1v) is 6.62. The first-order valence-electron chi connectivity index (χ1n) is 6.62. The molecule has 106 valence electrons. The maximum Gasteiger partial charge on any atom is 0.255 e. The number of fused-ring (bicyclic) bond motifs is 1. The van der Waals surface area contributed by atoms with Gasteiger partial charge in [0.15, 0.2) is 0 Å². The molecule has 3 rings (SSSR count). The Bertz CT molecular complexity index is 780. The molecule has 0 saturated carbocycles. The SMILES string of the molecule is COc1ccccc1C(=O)NCc1ccnc2[nH]ccc12. The van der Waals surface area contributed by atoms with E-state index in [0.717, 1.165) is 16.6 Å². The first-order chi connectivity index (χ1) is 10.3. The van der Waals surface area contributed by atoms with Gasteiger partial charge in [0.25, 0.3) is 5.91 Å². The van der Waals surface area contributed by atoms with Gasteiger partial charge in [-0.1, -0.05) is 12.1 Å². The Morgan fingerprint density at radius 3 is 3.00 bits per heavy atom. The summed E-state index contributed by atoms with van der Waals surface area (Å²) in [7, 11) is 1.55. The van der Waals surface area contributed by atoms with Crippen molar-refractivity contribution in [2.75, 3.05) is 7.11 Å². The molecule has 0 radical (unpaired) electrons. The number of para-hydroxylation sites is 1. The summed E-state index contributed by atoms with van der Waals surface area (Å²) in [5, 5.41) is 3.92. The van der Waals surface area contributed by atoms with Crippen LogP contribution >= 0.6 is 0 Å². The van der Waals surface area contributed by atoms with Crippen molar-refractivity contribution in [1.29, 1.82) is 0 Å². The van der Waals surface area contributed by atoms with Crippen LogP contribution in [0.2, 0.25) is 0 Å². The van der Waals surface area contributed by atoms with Crippen LogP contribution in [-0.4, -0.2) is 23.0 Å². The number of hydrogen-bond donors (Lipinski definition) is 2. The molecule has 0 fully saturated rings. The number of aromatic amines is 1. The molecule has 0 atom stereocenters. The molecular weight excluding hydrogens is 266 g/mol. The molecule has 3 aromatic rings. The van der Waals surface area contributed by atoms with Gasteiger partial charge >= 0.3 is 0 Å². The predicted octanol–water partition coefficient (Wildman–Crippen LogP) is 2.50. The number of nitrogens with one attached hydrogen (secondary N) is 2. The van der Waals surface area contributed by atoms with Gasteiger partial charge in [-0.15, -0.1) is 0 Å². The molecule has 0 aliphatic heterocycles. The fourth-order valence-corrected chi connectivity index (χ4v) is 2.28. The second-order valence-corrected chi connectivity index (χ2v) is 4.59. The van der Waals surface area contributed by atoms with Gasteiger partial charge in [-0.2, -0.15) is 0 Å². The molecule has 0 bridgehead atoms. The molecule has 2 aromatic heterocycles. The molecule has 21 heavy (non-hydrogen) atoms. The van der Waals surface area contributed by atoms with E-state index in [-0.39, 0.29) is 5.91 Å². The number of methoxy groups -OCH3 is 1. The van der Waals surface area contributed by atoms with Crippen LogP contribution in [0.25, 0.3) is 11.0 Å². The largest absolute Gasteiger partial charge is 0.496 e. The second-order valence-electron chi connectivity index (χ2n) is 4.59. The van der Waals surface area contributed by atoms with Gasteiger partial charge in [-0.25, -0.2) is 4.98 Å². The summed E-state index contributed by atoms with van der Waals surface area (Å²) in [5.74, 6) is 0.407. The number of carbonyl (C=O) groups excluding carboxylic acids is 1. The van der Waals surface area contributed by atoms with Gasteiger partial charge in [-0.3, -0.25) is 4.79 Å². The molecule has 1 aromatic carbocycles. The summed E-state index contributed by atoms with van der Waals surface area (Å²) in [6.45, 7) is 0.438. The quantitative estimate of drug-likeness (QED) is 0.772. The Morgan fingerprint density at radius 1 is 1.29 bits per heavy atom. The number of amides is 1. The van der Waals surface area contributed by atoms with Crippen LogP contribution < -0.4 is 10.1 Å². The van der Waals surface area contributed by atoms with Gasteiger partial charge in [0.1, 0.15) is 11.4 Å². The zero-order valence-corrected chi connectivity index (χ0v) is 11.6. The van der Waals surface area contributed by atoms with E-state index in [2.05, 4.69) is 15.3 Å². The summed E-state index contributed by atoms with van der Waals surface area (Å²) in [5.41, 5.74) is 2.36. The number of benzene rings is 1. The predicted molar refractivity (Wildman–Crippen MR) is 80.3 cm³/mol. The number of pyridine rings is 1. The zero-order chi connectivity index (χ0) is 14.7. The Morgan fingerprint density at radius 2 is 2.14 bits per heavy atom. The summed E-state index contributed by atoms with van der Waals surface area (Å²) >= 11 is 0. The molecule has 5 heteroatoms. The van der Waals surface area contributed by atoms with Crippen molar-refractivity contribution in [3.63, 3.8) is 0 Å². The summed E-state index contributed by atoms with van der Waals surface area (Å²) < 4.78 is 5.20. The maximum atomic E-state index is 12.3. The minimum absolute atomic E-state index is 0.159. The number of hydrogen-bond acceptors (Lipinski definition) is 3. The highest BCUT2D eigenvalue weighted by Gasteiger charge is 2.11. The first kappa shape index (κ1) is 13.2. The third kappa shape index (κ3) is 2.58. The lowest BCUT2D eigenvalue weighted by Gasteiger charge is -2.09. The smallest absolute Gasteiger partial charge is 0.255 e. The average molecular weight is 281 g/mol. The average Bonchev–Trinajstić information content (AvgIpc) is 3.01. The third-order valence-corrected chi connectivity index (χ3v) is 3.34. The van der Waals surface area contributed by atoms with Crippen LogP contribution in [0.3, 0.4) is 0 Å². The highest BCUT2D eigenvalue weighted by Crippen LogP contribution is 2.18. The Kier molecular flexibility index (Phi) is 3.55. The van der Waals surface area contributed by atoms with Crippen LogP contribution in [0.1, 0.15) is 15.9 Å². The third-order valence-electron chi connectivity index (χ3n) is 3.34. The van der Waals surface area contributed by atoms with Crippen LogP contribution in [-0.2, 0) is 6.54 Å². The number of rotatable bonds is 4. The fourth-order valence-electron chi connectivity index (χ4n) is 2.28. The molecule has 1 amide bonds. The monoisotopic (exact) mass is 281 g/mol. The number of nitrogens with zero attached hydrogens (tertiary/aromatic N) is 1. The van der Waals surface area contributed by atoms with E-state index in [1.54, 1.807) is 25.4 Å². The number of carbonyl (C=O) groups is 1. The molecule has 2 N–H and O–H groups in total. The molecule has 0 spiro atoms. The second kappa shape index (κ2) is 5.66. The molecule has 5 nitrogen and oxygen atoms in total. The van der Waals surface area contributed by atoms with Crippen molar-refractivity contribution in [2.45, 2.75) is 6.54 Å². The normalized spacial score (nSPS) is 10.5. The van der Waals surface area contributed by atoms with E-state index in [9.17, 15) is 4.79 Å². The maximum absolute atomic E-state index is 12.3. The molecular formula is C16H15N3O2. The van der Waals surface area contributed by atoms with Gasteiger partial charge in [-0.05, 0) is 29.8 Å². The van der Waals surface area contributed by atoms with E-state index < -0.39 is 0 Å². The lowest BCUT2D eigenvalue weighted by Crippen LogP contribution is -2.23. The summed E-state index contributed by atoms with van der Waals surface area (Å²) in [6.07, 6.45) is 3.56. The number of H-pyrrole nitrogens is 1. The molecule has 0 aliphatic carbocycles. The lowest BCUT2D eigenvalue weighted by molar-refractivity contribution is 0.0948. The van der Waals surface area contributed by atoms with E-state index in [1.165, 1.54) is 0 Å². The number of aromatic nitrogens is 2. The highest BCUT2D eigenvalue weighted by molar-refractivity contribution is 5.97. The van der Waals surface area contributed by atoms with Crippen LogP contribution in [0.5, 0.6) is 5.75 Å². The Labute approximate surface area is 122 Å². The lowest BCUT2D eigenvalue weighted by atomic mass is 10.1. The van der Waals surface area contributed by atoms with Crippen molar-refractivity contribution in [1.82, 2.24) is 15.3 Å². The van der Waals surface area contributed by atoms with Crippen molar-refractivity contribution in [3.05, 3.63) is 59.9 Å². The van der Waals surface area contributed by atoms with Gasteiger partial charge in [0.2, 0.25) is 0 Å². The summed E-state index contributed by atoms with van der Waals surface area (Å²) in [4.78, 5) is 19.5. The van der Waals surface area contributed by atoms with E-state index in [0.29, 0.717) is 17.9 Å². The molecule has 2 heterocycles.